The molecule has 1 aliphatic rings. The van der Waals surface area contributed by atoms with Gasteiger partial charge in [-0.15, -0.1) is 0 Å². The van der Waals surface area contributed by atoms with Crippen molar-refractivity contribution in [1.29, 1.82) is 0 Å². The minimum absolute atomic E-state index is 0.0302. The Labute approximate surface area is 232 Å². The Morgan fingerprint density at radius 2 is 1.68 bits per heavy atom. The second-order valence-electron chi connectivity index (χ2n) is 9.91. The van der Waals surface area contributed by atoms with Crippen LogP contribution < -0.4 is 15.5 Å². The molecule has 0 bridgehead atoms. The van der Waals surface area contributed by atoms with Gasteiger partial charge in [-0.2, -0.15) is 0 Å². The Balaban J connectivity index is 1.53. The Morgan fingerprint density at radius 3 is 2.40 bits per heavy atom. The summed E-state index contributed by atoms with van der Waals surface area (Å²) in [5, 5.41) is 7.35. The molecule has 5 rings (SSSR count). The molecule has 40 heavy (non-hydrogen) atoms. The molecule has 3 aromatic carbocycles. The van der Waals surface area contributed by atoms with E-state index in [2.05, 4.69) is 15.6 Å². The molecule has 1 aromatic heterocycles. The van der Waals surface area contributed by atoms with Gasteiger partial charge >= 0.3 is 5.97 Å². The molecule has 0 saturated carbocycles. The highest BCUT2D eigenvalue weighted by molar-refractivity contribution is 6.37. The van der Waals surface area contributed by atoms with Crippen molar-refractivity contribution >= 4 is 57.0 Å². The van der Waals surface area contributed by atoms with Gasteiger partial charge in [0.2, 0.25) is 5.91 Å². The minimum Gasteiger partial charge on any atom is -0.465 e. The summed E-state index contributed by atoms with van der Waals surface area (Å²) in [6, 6.07) is 20.5. The predicted octanol–water partition coefficient (Wildman–Crippen LogP) is 4.80. The van der Waals surface area contributed by atoms with Gasteiger partial charge in [-0.3, -0.25) is 9.59 Å². The molecule has 9 heteroatoms. The maximum atomic E-state index is 13.3. The van der Waals surface area contributed by atoms with Crippen LogP contribution in [0.25, 0.3) is 22.2 Å². The average molecular weight is 538 g/mol. The monoisotopic (exact) mass is 537 g/mol. The highest BCUT2D eigenvalue weighted by Crippen LogP contribution is 2.39. The first-order chi connectivity index (χ1) is 19.2. The van der Waals surface area contributed by atoms with Gasteiger partial charge in [0.25, 0.3) is 5.91 Å². The number of benzene rings is 3. The summed E-state index contributed by atoms with van der Waals surface area (Å²) in [5.74, 6) is -0.727. The second-order valence-corrected chi connectivity index (χ2v) is 9.91. The van der Waals surface area contributed by atoms with Crippen LogP contribution in [0.5, 0.6) is 0 Å². The van der Waals surface area contributed by atoms with E-state index >= 15 is 0 Å². The van der Waals surface area contributed by atoms with Crippen LogP contribution in [0.4, 0.5) is 17.1 Å². The van der Waals surface area contributed by atoms with Crippen LogP contribution >= 0.6 is 0 Å². The van der Waals surface area contributed by atoms with Gasteiger partial charge in [0.15, 0.2) is 0 Å². The van der Waals surface area contributed by atoms with Gasteiger partial charge < -0.3 is 30.2 Å². The molecule has 0 unspecified atom stereocenters. The number of nitrogens with one attached hydrogen (secondary N) is 3. The van der Waals surface area contributed by atoms with E-state index in [9.17, 15) is 14.4 Å². The van der Waals surface area contributed by atoms with Crippen LogP contribution in [0, 0.1) is 0 Å². The third kappa shape index (κ3) is 5.32. The number of H-pyrrole nitrogens is 1. The van der Waals surface area contributed by atoms with Crippen LogP contribution in [0.1, 0.15) is 27.9 Å². The third-order valence-electron chi connectivity index (χ3n) is 6.95. The van der Waals surface area contributed by atoms with Crippen molar-refractivity contribution in [1.82, 2.24) is 9.88 Å². The molecular weight excluding hydrogens is 506 g/mol. The number of carbonyl (C=O) groups excluding carboxylic acids is 3. The van der Waals surface area contributed by atoms with Crippen LogP contribution in [-0.2, 0) is 14.3 Å². The Morgan fingerprint density at radius 1 is 0.925 bits per heavy atom. The molecule has 9 nitrogen and oxygen atoms in total. The number of carbonyl (C=O) groups is 3. The summed E-state index contributed by atoms with van der Waals surface area (Å²) in [7, 11) is 6.97. The minimum atomic E-state index is -0.476. The number of methoxy groups -OCH3 is 1. The first-order valence-electron chi connectivity index (χ1n) is 12.9. The van der Waals surface area contributed by atoms with E-state index < -0.39 is 5.97 Å². The van der Waals surface area contributed by atoms with Crippen molar-refractivity contribution < 1.29 is 19.1 Å². The van der Waals surface area contributed by atoms with E-state index in [0.717, 1.165) is 27.8 Å². The molecule has 2 amide bonds. The maximum Gasteiger partial charge on any atom is 0.337 e. The van der Waals surface area contributed by atoms with Crippen molar-refractivity contribution in [2.75, 3.05) is 50.3 Å². The van der Waals surface area contributed by atoms with E-state index in [1.807, 2.05) is 73.7 Å². The Bertz CT molecular complexity index is 1640. The topological polar surface area (TPSA) is 107 Å². The molecule has 1 aliphatic heterocycles. The van der Waals surface area contributed by atoms with Crippen LogP contribution in [0.15, 0.2) is 72.9 Å². The molecule has 0 spiro atoms. The van der Waals surface area contributed by atoms with E-state index in [-0.39, 0.29) is 11.8 Å². The third-order valence-corrected chi connectivity index (χ3v) is 6.95. The fourth-order valence-corrected chi connectivity index (χ4v) is 4.70. The number of esters is 1. The summed E-state index contributed by atoms with van der Waals surface area (Å²) in [6.07, 6.45) is 2.29. The molecule has 0 saturated heterocycles. The van der Waals surface area contributed by atoms with Crippen molar-refractivity contribution in [2.45, 2.75) is 6.42 Å². The maximum absolute atomic E-state index is 13.3. The zero-order valence-electron chi connectivity index (χ0n) is 22.9. The predicted molar refractivity (Wildman–Crippen MR) is 158 cm³/mol. The second kappa shape index (κ2) is 11.1. The highest BCUT2D eigenvalue weighted by Gasteiger charge is 2.29. The lowest BCUT2D eigenvalue weighted by atomic mass is 9.98. The van der Waals surface area contributed by atoms with Crippen molar-refractivity contribution in [3.8, 4) is 0 Å². The number of aromatic amines is 1. The molecule has 204 valence electrons. The van der Waals surface area contributed by atoms with Gasteiger partial charge in [-0.1, -0.05) is 12.1 Å². The van der Waals surface area contributed by atoms with Crippen molar-refractivity contribution in [2.24, 2.45) is 0 Å². The molecule has 0 fully saturated rings. The number of aromatic nitrogens is 1. The van der Waals surface area contributed by atoms with Gasteiger partial charge in [-0.25, -0.2) is 4.79 Å². The van der Waals surface area contributed by atoms with Gasteiger partial charge in [0, 0.05) is 54.1 Å². The van der Waals surface area contributed by atoms with E-state index in [4.69, 9.17) is 4.74 Å². The smallest absolute Gasteiger partial charge is 0.337 e. The number of anilines is 3. The summed E-state index contributed by atoms with van der Waals surface area (Å²) < 4.78 is 4.84. The molecular formula is C31H31N5O4. The largest absolute Gasteiger partial charge is 0.465 e. The number of amides is 2. The summed E-state index contributed by atoms with van der Waals surface area (Å²) in [6.45, 7) is 0.676. The Hall–Kier alpha value is -4.89. The lowest BCUT2D eigenvalue weighted by Crippen LogP contribution is -2.29. The first-order valence-corrected chi connectivity index (χ1v) is 12.9. The fourth-order valence-electron chi connectivity index (χ4n) is 4.70. The standard InChI is InChI=1S/C31H31N5O4/c1-35(2)16-14-27(37)36(3)23-9-7-22(8-10-23)33-29(20-6-12-25-19(17-20)13-15-32-25)28-24-11-5-21(31(39)40-4)18-26(24)34-30(28)38/h5-13,15,17-18,32-33H,14,16H2,1-4H3,(H,34,38). The number of hydrogen-bond acceptors (Lipinski definition) is 6. The molecule has 0 atom stereocenters. The van der Waals surface area contributed by atoms with E-state index in [1.165, 1.54) is 7.11 Å². The zero-order chi connectivity index (χ0) is 28.4. The molecule has 0 aliphatic carbocycles. The zero-order valence-corrected chi connectivity index (χ0v) is 22.9. The van der Waals surface area contributed by atoms with Crippen LogP contribution in [0.2, 0.25) is 0 Å². The van der Waals surface area contributed by atoms with Gasteiger partial charge in [0.1, 0.15) is 0 Å². The number of fused-ring (bicyclic) bond motifs is 2. The van der Waals surface area contributed by atoms with Crippen LogP contribution in [0.3, 0.4) is 0 Å². The normalized spacial score (nSPS) is 13.7. The van der Waals surface area contributed by atoms with Gasteiger partial charge in [0.05, 0.1) is 29.6 Å². The molecule has 0 radical (unpaired) electrons. The molecule has 3 N–H and O–H groups in total. The number of nitrogens with zero attached hydrogens (tertiary/aromatic N) is 2. The summed E-state index contributed by atoms with van der Waals surface area (Å²) >= 11 is 0. The Kier molecular flexibility index (Phi) is 7.39. The highest BCUT2D eigenvalue weighted by atomic mass is 16.5. The fraction of sp³-hybridized carbons (Fsp3) is 0.194. The summed E-state index contributed by atoms with van der Waals surface area (Å²) in [4.78, 5) is 44.8. The SMILES string of the molecule is COC(=O)c1ccc2c(c1)NC(=O)C2=C(Nc1ccc(N(C)C(=O)CCN(C)C)cc1)c1ccc2[nH]ccc2c1. The van der Waals surface area contributed by atoms with E-state index in [1.54, 1.807) is 30.1 Å². The quantitative estimate of drug-likeness (QED) is 0.220. The lowest BCUT2D eigenvalue weighted by molar-refractivity contribution is -0.118. The number of hydrogen-bond donors (Lipinski definition) is 3. The molecule has 2 heterocycles. The average Bonchev–Trinajstić information content (AvgIpc) is 3.56. The van der Waals surface area contributed by atoms with E-state index in [0.29, 0.717) is 41.1 Å². The lowest BCUT2D eigenvalue weighted by Gasteiger charge is -2.20. The van der Waals surface area contributed by atoms with Crippen molar-refractivity contribution in [3.05, 3.63) is 89.6 Å². The van der Waals surface area contributed by atoms with Crippen molar-refractivity contribution in [3.63, 3.8) is 0 Å². The number of rotatable bonds is 8. The number of ether oxygens (including phenoxy) is 1. The summed E-state index contributed by atoms with van der Waals surface area (Å²) in [5.41, 5.74) is 5.98. The van der Waals surface area contributed by atoms with Crippen LogP contribution in [-0.4, -0.2) is 62.5 Å². The first kappa shape index (κ1) is 26.7. The molecule has 4 aromatic rings. The van der Waals surface area contributed by atoms with Gasteiger partial charge in [-0.05, 0) is 74.3 Å².